The van der Waals surface area contributed by atoms with E-state index < -0.39 is 11.9 Å². The summed E-state index contributed by atoms with van der Waals surface area (Å²) in [5, 5.41) is 11.4. The van der Waals surface area contributed by atoms with Gasteiger partial charge < -0.3 is 10.9 Å². The number of nitrogens with zero attached hydrogens (tertiary/aromatic N) is 1. The van der Waals surface area contributed by atoms with Gasteiger partial charge in [0.25, 0.3) is 0 Å². The van der Waals surface area contributed by atoms with Crippen molar-refractivity contribution in [3.05, 3.63) is 0 Å². The van der Waals surface area contributed by atoms with Crippen molar-refractivity contribution in [3.8, 4) is 0 Å². The Kier molecular flexibility index (Phi) is 6.75. The fourth-order valence-electron chi connectivity index (χ4n) is 0.879. The molecule has 0 rings (SSSR count). The van der Waals surface area contributed by atoms with Crippen LogP contribution in [0.15, 0.2) is 5.22 Å². The number of hydroxylamine groups is 1. The van der Waals surface area contributed by atoms with Gasteiger partial charge >= 0.3 is 0 Å². The molecule has 0 unspecified atom stereocenters. The fourth-order valence-corrected chi connectivity index (χ4v) is 0.879. The van der Waals surface area contributed by atoms with E-state index >= 15 is 0 Å². The van der Waals surface area contributed by atoms with Crippen molar-refractivity contribution >= 4 is 5.91 Å². The van der Waals surface area contributed by atoms with Crippen molar-refractivity contribution in [1.29, 1.82) is 5.53 Å². The highest BCUT2D eigenvalue weighted by molar-refractivity contribution is 5.79. The van der Waals surface area contributed by atoms with E-state index in [1.807, 2.05) is 5.48 Å². The third-order valence-corrected chi connectivity index (χ3v) is 1.61. The molecule has 0 aliphatic rings. The van der Waals surface area contributed by atoms with Gasteiger partial charge in [-0.05, 0) is 19.3 Å². The molecule has 0 saturated heterocycles. The van der Waals surface area contributed by atoms with Crippen LogP contribution in [0.4, 0.5) is 0 Å². The number of primary amides is 1. The fraction of sp³-hybridized carbons (Fsp3) is 0.833. The van der Waals surface area contributed by atoms with E-state index in [1.165, 1.54) is 0 Å². The number of nitrogens with two attached hydrogens (primary N) is 1. The van der Waals surface area contributed by atoms with Crippen LogP contribution in [0, 0.1) is 5.53 Å². The molecule has 0 radical (unpaired) electrons. The smallest absolute Gasteiger partial charge is 0.236 e. The van der Waals surface area contributed by atoms with Crippen molar-refractivity contribution in [3.63, 3.8) is 0 Å². The normalized spacial score (nSPS) is 12.1. The van der Waals surface area contributed by atoms with E-state index in [2.05, 4.69) is 10.6 Å². The van der Waals surface area contributed by atoms with Crippen LogP contribution in [0.1, 0.15) is 19.3 Å². The van der Waals surface area contributed by atoms with Crippen LogP contribution in [0.25, 0.3) is 0 Å². The molecule has 1 atom stereocenters. The molecular weight excluding hydrogens is 174 g/mol. The summed E-state index contributed by atoms with van der Waals surface area (Å²) in [5.74, 6) is -0.569. The van der Waals surface area contributed by atoms with Crippen LogP contribution >= 0.6 is 0 Å². The van der Waals surface area contributed by atoms with Gasteiger partial charge in [0.15, 0.2) is 0 Å². The molecule has 6 N–H and O–H groups in total. The van der Waals surface area contributed by atoms with Crippen LogP contribution in [0.3, 0.4) is 0 Å². The summed E-state index contributed by atoms with van der Waals surface area (Å²) in [7, 11) is 0. The third kappa shape index (κ3) is 6.00. The van der Waals surface area contributed by atoms with Crippen LogP contribution in [0.2, 0.25) is 0 Å². The lowest BCUT2D eigenvalue weighted by atomic mass is 10.1. The number of hydrogen-bond donors (Lipinski definition) is 5. The molecule has 7 nitrogen and oxygen atoms in total. The summed E-state index contributed by atoms with van der Waals surface area (Å²) in [4.78, 5) is 10.6. The zero-order chi connectivity index (χ0) is 10.1. The molecule has 1 amide bonds. The Morgan fingerprint density at radius 3 is 2.77 bits per heavy atom. The van der Waals surface area contributed by atoms with Gasteiger partial charge in [-0.15, -0.1) is 0 Å². The average molecular weight is 189 g/mol. The van der Waals surface area contributed by atoms with E-state index in [9.17, 15) is 4.79 Å². The van der Waals surface area contributed by atoms with Crippen LogP contribution in [0.5, 0.6) is 0 Å². The molecule has 0 aliphatic heterocycles. The largest absolute Gasteiger partial charge is 0.368 e. The first-order valence-electron chi connectivity index (χ1n) is 4.00. The number of carbonyl (C=O) groups is 1. The van der Waals surface area contributed by atoms with Gasteiger partial charge in [0.2, 0.25) is 5.91 Å². The maximum absolute atomic E-state index is 10.6. The SMILES string of the molecule is N=NNCCCC[C@H](NO)C(N)=O. The minimum Gasteiger partial charge on any atom is -0.368 e. The van der Waals surface area contributed by atoms with Crippen LogP contribution < -0.4 is 16.6 Å². The van der Waals surface area contributed by atoms with Crippen molar-refractivity contribution < 1.29 is 10.0 Å². The van der Waals surface area contributed by atoms with E-state index in [1.54, 1.807) is 0 Å². The van der Waals surface area contributed by atoms with Gasteiger partial charge in [0.1, 0.15) is 6.04 Å². The van der Waals surface area contributed by atoms with E-state index in [0.717, 1.165) is 12.8 Å². The first-order chi connectivity index (χ1) is 6.22. The third-order valence-electron chi connectivity index (χ3n) is 1.61. The molecule has 0 aromatic rings. The van der Waals surface area contributed by atoms with Crippen molar-refractivity contribution in [2.24, 2.45) is 11.0 Å². The lowest BCUT2D eigenvalue weighted by Gasteiger charge is -2.09. The van der Waals surface area contributed by atoms with Crippen molar-refractivity contribution in [1.82, 2.24) is 10.9 Å². The Balaban J connectivity index is 3.38. The maximum Gasteiger partial charge on any atom is 0.236 e. The standard InChI is InChI=1S/C6H15N5O2/c7-6(12)5(10-13)3-1-2-4-9-11-8/h5,10,13H,1-4H2,(H2,7,12)(H2,8,9)/t5-/m0/s1. The number of nitrogens with one attached hydrogen (secondary N) is 3. The second kappa shape index (κ2) is 7.44. The highest BCUT2D eigenvalue weighted by Gasteiger charge is 2.12. The molecule has 0 saturated carbocycles. The van der Waals surface area contributed by atoms with Gasteiger partial charge in [-0.1, -0.05) is 5.22 Å². The minimum absolute atomic E-state index is 0.478. The first-order valence-corrected chi connectivity index (χ1v) is 4.00. The number of amides is 1. The minimum atomic E-state index is -0.687. The summed E-state index contributed by atoms with van der Waals surface area (Å²) in [6, 6.07) is -0.687. The molecule has 0 bridgehead atoms. The lowest BCUT2D eigenvalue weighted by Crippen LogP contribution is -2.39. The van der Waals surface area contributed by atoms with E-state index in [-0.39, 0.29) is 0 Å². The summed E-state index contributed by atoms with van der Waals surface area (Å²) < 4.78 is 0. The zero-order valence-corrected chi connectivity index (χ0v) is 7.29. The van der Waals surface area contributed by atoms with Gasteiger partial charge in [0, 0.05) is 6.54 Å². The van der Waals surface area contributed by atoms with Crippen molar-refractivity contribution in [2.75, 3.05) is 6.54 Å². The molecule has 0 aromatic carbocycles. The quantitative estimate of drug-likeness (QED) is 0.201. The van der Waals surface area contributed by atoms with E-state index in [0.29, 0.717) is 13.0 Å². The van der Waals surface area contributed by atoms with Crippen LogP contribution in [-0.4, -0.2) is 23.7 Å². The summed E-state index contributed by atoms with van der Waals surface area (Å²) >= 11 is 0. The Hall–Kier alpha value is -1.21. The molecule has 76 valence electrons. The molecular formula is C6H15N5O2. The molecule has 0 spiro atoms. The molecule has 13 heavy (non-hydrogen) atoms. The molecule has 0 heterocycles. The van der Waals surface area contributed by atoms with Gasteiger partial charge in [-0.3, -0.25) is 10.2 Å². The number of hydrogen-bond acceptors (Lipinski definition) is 5. The number of unbranched alkanes of at least 4 members (excludes halogenated alkanes) is 1. The highest BCUT2D eigenvalue weighted by atomic mass is 16.5. The molecule has 0 aliphatic carbocycles. The first kappa shape index (κ1) is 11.8. The number of carbonyl (C=O) groups excluding carboxylic acids is 1. The second-order valence-corrected chi connectivity index (χ2v) is 2.60. The summed E-state index contributed by atoms with van der Waals surface area (Å²) in [6.07, 6.45) is 1.98. The second-order valence-electron chi connectivity index (χ2n) is 2.60. The zero-order valence-electron chi connectivity index (χ0n) is 7.29. The summed E-state index contributed by atoms with van der Waals surface area (Å²) in [5.41, 5.74) is 15.7. The topological polar surface area (TPSA) is 124 Å². The van der Waals surface area contributed by atoms with Crippen LogP contribution in [-0.2, 0) is 4.79 Å². The molecule has 0 aromatic heterocycles. The van der Waals surface area contributed by atoms with Gasteiger partial charge in [-0.25, -0.2) is 0 Å². The Morgan fingerprint density at radius 1 is 1.62 bits per heavy atom. The average Bonchev–Trinajstić information content (AvgIpc) is 2.10. The Bertz CT molecular complexity index is 163. The van der Waals surface area contributed by atoms with E-state index in [4.69, 9.17) is 16.5 Å². The van der Waals surface area contributed by atoms with Crippen molar-refractivity contribution in [2.45, 2.75) is 25.3 Å². The maximum atomic E-state index is 10.6. The highest BCUT2D eigenvalue weighted by Crippen LogP contribution is 1.99. The number of rotatable bonds is 8. The predicted molar refractivity (Wildman–Crippen MR) is 44.9 cm³/mol. The molecule has 0 fully saturated rings. The summed E-state index contributed by atoms with van der Waals surface area (Å²) in [6.45, 7) is 0.584. The lowest BCUT2D eigenvalue weighted by molar-refractivity contribution is -0.122. The van der Waals surface area contributed by atoms with Gasteiger partial charge in [-0.2, -0.15) is 11.0 Å². The molecule has 7 heteroatoms. The monoisotopic (exact) mass is 189 g/mol. The van der Waals surface area contributed by atoms with Gasteiger partial charge in [0.05, 0.1) is 0 Å². The Morgan fingerprint density at radius 2 is 2.31 bits per heavy atom. The predicted octanol–water partition coefficient (Wildman–Crippen LogP) is -0.475. The Labute approximate surface area is 76.1 Å².